The quantitative estimate of drug-likeness (QED) is 0.664. The Morgan fingerprint density at radius 1 is 1.20 bits per heavy atom. The normalized spacial score (nSPS) is 27.9. The number of fused-ring (bicyclic) bond motifs is 2. The van der Waals surface area contributed by atoms with Gasteiger partial charge in [-0.05, 0) is 25.3 Å². The molecule has 1 heterocycles. The summed E-state index contributed by atoms with van der Waals surface area (Å²) >= 11 is 0. The van der Waals surface area contributed by atoms with Crippen LogP contribution < -0.4 is 5.32 Å². The number of rotatable bonds is 0. The van der Waals surface area contributed by atoms with Gasteiger partial charge in [-0.15, -0.1) is 0 Å². The van der Waals surface area contributed by atoms with Crippen LogP contribution >= 0.6 is 0 Å². The van der Waals surface area contributed by atoms with Gasteiger partial charge in [0.05, 0.1) is 6.54 Å². The van der Waals surface area contributed by atoms with E-state index < -0.39 is 0 Å². The molecule has 1 aromatic rings. The summed E-state index contributed by atoms with van der Waals surface area (Å²) in [7, 11) is 0. The van der Waals surface area contributed by atoms with E-state index in [9.17, 15) is 0 Å². The van der Waals surface area contributed by atoms with Gasteiger partial charge < -0.3 is 5.32 Å². The predicted octanol–water partition coefficient (Wildman–Crippen LogP) is 2.14. The molecular formula is C14H20N+. The molecule has 0 bridgehead atoms. The smallest absolute Gasteiger partial charge is 0.109 e. The first-order valence-electron chi connectivity index (χ1n) is 6.25. The topological polar surface area (TPSA) is 16.6 Å². The highest BCUT2D eigenvalue weighted by Crippen LogP contribution is 2.43. The van der Waals surface area contributed by atoms with Gasteiger partial charge in [0.15, 0.2) is 0 Å². The van der Waals surface area contributed by atoms with Gasteiger partial charge in [-0.1, -0.05) is 37.1 Å². The molecule has 0 saturated heterocycles. The molecule has 0 aromatic heterocycles. The molecule has 1 heteroatoms. The number of nitrogens with two attached hydrogens (primary N) is 1. The average molecular weight is 202 g/mol. The van der Waals surface area contributed by atoms with Crippen molar-refractivity contribution in [2.24, 2.45) is 0 Å². The molecule has 1 spiro atoms. The minimum absolute atomic E-state index is 0.531. The number of benzene rings is 1. The highest BCUT2D eigenvalue weighted by atomic mass is 14.9. The Morgan fingerprint density at radius 3 is 2.73 bits per heavy atom. The first-order valence-corrected chi connectivity index (χ1v) is 6.25. The zero-order valence-corrected chi connectivity index (χ0v) is 9.50. The van der Waals surface area contributed by atoms with Gasteiger partial charge in [-0.2, -0.15) is 0 Å². The van der Waals surface area contributed by atoms with Crippen LogP contribution in [-0.4, -0.2) is 6.54 Å². The molecule has 80 valence electrons. The summed E-state index contributed by atoms with van der Waals surface area (Å²) in [6.07, 6.45) is 5.67. The van der Waals surface area contributed by atoms with Gasteiger partial charge in [-0.25, -0.2) is 0 Å². The van der Waals surface area contributed by atoms with Crippen LogP contribution in [0.2, 0.25) is 0 Å². The van der Waals surface area contributed by atoms with E-state index in [1.807, 2.05) is 0 Å². The maximum absolute atomic E-state index is 2.54. The SMILES string of the molecule is C[C@H]1[NH2+]CC2(CCCC2)c2ccccc21. The van der Waals surface area contributed by atoms with Crippen molar-refractivity contribution in [3.8, 4) is 0 Å². The highest BCUT2D eigenvalue weighted by Gasteiger charge is 2.42. The lowest BCUT2D eigenvalue weighted by Gasteiger charge is -2.36. The standard InChI is InChI=1S/C14H19N/c1-11-12-6-2-3-7-13(12)14(10-15-11)8-4-5-9-14/h2-3,6-7,11,15H,4-5,8-10H2,1H3/p+1/t11-/m1/s1. The second kappa shape index (κ2) is 3.34. The summed E-state index contributed by atoms with van der Waals surface area (Å²) in [6, 6.07) is 9.78. The summed E-state index contributed by atoms with van der Waals surface area (Å²) in [6.45, 7) is 3.64. The summed E-state index contributed by atoms with van der Waals surface area (Å²) in [5.74, 6) is 0. The lowest BCUT2D eigenvalue weighted by molar-refractivity contribution is -0.703. The van der Waals surface area contributed by atoms with E-state index in [-0.39, 0.29) is 0 Å². The van der Waals surface area contributed by atoms with Gasteiger partial charge in [0.1, 0.15) is 6.04 Å². The second-order valence-electron chi connectivity index (χ2n) is 5.30. The first-order chi connectivity index (χ1) is 7.32. The molecule has 0 amide bonds. The summed E-state index contributed by atoms with van der Waals surface area (Å²) in [5.41, 5.74) is 3.78. The Balaban J connectivity index is 2.11. The maximum atomic E-state index is 2.54. The molecule has 2 aliphatic rings. The lowest BCUT2D eigenvalue weighted by Crippen LogP contribution is -2.89. The molecule has 1 fully saturated rings. The molecule has 1 atom stereocenters. The number of hydrogen-bond acceptors (Lipinski definition) is 0. The fourth-order valence-electron chi connectivity index (χ4n) is 3.54. The van der Waals surface area contributed by atoms with E-state index in [1.165, 1.54) is 32.2 Å². The van der Waals surface area contributed by atoms with Crippen molar-refractivity contribution in [2.45, 2.75) is 44.1 Å². The summed E-state index contributed by atoms with van der Waals surface area (Å²) < 4.78 is 0. The van der Waals surface area contributed by atoms with Gasteiger partial charge in [0, 0.05) is 11.0 Å². The Bertz CT molecular complexity index is 363. The van der Waals surface area contributed by atoms with Crippen LogP contribution in [0.1, 0.15) is 49.8 Å². The molecule has 0 unspecified atom stereocenters. The van der Waals surface area contributed by atoms with Crippen LogP contribution in [0.3, 0.4) is 0 Å². The molecule has 2 N–H and O–H groups in total. The molecular weight excluding hydrogens is 182 g/mol. The molecule has 0 radical (unpaired) electrons. The zero-order chi connectivity index (χ0) is 10.3. The predicted molar refractivity (Wildman–Crippen MR) is 61.8 cm³/mol. The Morgan fingerprint density at radius 2 is 1.93 bits per heavy atom. The molecule has 3 rings (SSSR count). The minimum Gasteiger partial charge on any atom is -0.340 e. The Hall–Kier alpha value is -0.820. The van der Waals surface area contributed by atoms with E-state index in [1.54, 1.807) is 11.1 Å². The summed E-state index contributed by atoms with van der Waals surface area (Å²) in [4.78, 5) is 0. The van der Waals surface area contributed by atoms with Gasteiger partial charge in [0.2, 0.25) is 0 Å². The van der Waals surface area contributed by atoms with Gasteiger partial charge >= 0.3 is 0 Å². The van der Waals surface area contributed by atoms with Gasteiger partial charge in [-0.3, -0.25) is 0 Å². The van der Waals surface area contributed by atoms with Crippen molar-refractivity contribution < 1.29 is 5.32 Å². The average Bonchev–Trinajstić information content (AvgIpc) is 2.74. The molecule has 15 heavy (non-hydrogen) atoms. The van der Waals surface area contributed by atoms with Crippen LogP contribution in [0, 0.1) is 0 Å². The minimum atomic E-state index is 0.531. The number of quaternary nitrogens is 1. The lowest BCUT2D eigenvalue weighted by atomic mass is 9.73. The first kappa shape index (κ1) is 9.41. The number of hydrogen-bond donors (Lipinski definition) is 1. The fraction of sp³-hybridized carbons (Fsp3) is 0.571. The van der Waals surface area contributed by atoms with Crippen LogP contribution in [0.4, 0.5) is 0 Å². The molecule has 1 saturated carbocycles. The Kier molecular flexibility index (Phi) is 2.10. The zero-order valence-electron chi connectivity index (χ0n) is 9.50. The van der Waals surface area contributed by atoms with Crippen molar-refractivity contribution >= 4 is 0 Å². The van der Waals surface area contributed by atoms with Crippen molar-refractivity contribution in [2.75, 3.05) is 6.54 Å². The highest BCUT2D eigenvalue weighted by molar-refractivity contribution is 5.37. The van der Waals surface area contributed by atoms with E-state index >= 15 is 0 Å². The van der Waals surface area contributed by atoms with Crippen molar-refractivity contribution in [1.82, 2.24) is 0 Å². The van der Waals surface area contributed by atoms with E-state index in [4.69, 9.17) is 0 Å². The third-order valence-electron chi connectivity index (χ3n) is 4.45. The van der Waals surface area contributed by atoms with E-state index in [0.29, 0.717) is 11.5 Å². The maximum Gasteiger partial charge on any atom is 0.109 e. The largest absolute Gasteiger partial charge is 0.340 e. The molecule has 1 aliphatic carbocycles. The van der Waals surface area contributed by atoms with Crippen LogP contribution in [0.15, 0.2) is 24.3 Å². The van der Waals surface area contributed by atoms with Crippen LogP contribution in [0.5, 0.6) is 0 Å². The third kappa shape index (κ3) is 1.33. The van der Waals surface area contributed by atoms with E-state index in [0.717, 1.165) is 0 Å². The summed E-state index contributed by atoms with van der Waals surface area (Å²) in [5, 5.41) is 2.54. The fourth-order valence-corrected chi connectivity index (χ4v) is 3.54. The Labute approximate surface area is 91.9 Å². The van der Waals surface area contributed by atoms with Gasteiger partial charge in [0.25, 0.3) is 0 Å². The van der Waals surface area contributed by atoms with Crippen LogP contribution in [-0.2, 0) is 5.41 Å². The van der Waals surface area contributed by atoms with Crippen LogP contribution in [0.25, 0.3) is 0 Å². The second-order valence-corrected chi connectivity index (χ2v) is 5.30. The van der Waals surface area contributed by atoms with Crippen molar-refractivity contribution in [1.29, 1.82) is 0 Å². The molecule has 1 nitrogen and oxygen atoms in total. The monoisotopic (exact) mass is 202 g/mol. The van der Waals surface area contributed by atoms with Crippen molar-refractivity contribution in [3.05, 3.63) is 35.4 Å². The molecule has 1 aromatic carbocycles. The molecule has 1 aliphatic heterocycles. The van der Waals surface area contributed by atoms with E-state index in [2.05, 4.69) is 36.5 Å². The third-order valence-corrected chi connectivity index (χ3v) is 4.45. The van der Waals surface area contributed by atoms with Crippen molar-refractivity contribution in [3.63, 3.8) is 0 Å².